The molecule has 0 unspecified atom stereocenters. The number of likely N-dealkylation sites (tertiary alicyclic amines) is 1. The normalized spacial score (nSPS) is 17.4. The SMILES string of the molecule is CN(C)S(=O)(=O)c1ccc(C(=O)N2CCC(CO)CC2)o1. The molecule has 0 spiro atoms. The number of aliphatic hydroxyl groups excluding tert-OH is 1. The Morgan fingerprint density at radius 2 is 2.00 bits per heavy atom. The minimum Gasteiger partial charge on any atom is -0.438 e. The van der Waals surface area contributed by atoms with Gasteiger partial charge in [-0.25, -0.2) is 12.7 Å². The summed E-state index contributed by atoms with van der Waals surface area (Å²) in [6, 6.07) is 2.68. The van der Waals surface area contributed by atoms with Crippen LogP contribution in [0.1, 0.15) is 23.4 Å². The molecule has 0 aliphatic carbocycles. The predicted molar refractivity (Wildman–Crippen MR) is 75.3 cm³/mol. The molecular weight excluding hydrogens is 296 g/mol. The first-order valence-corrected chi connectivity index (χ1v) is 8.22. The molecule has 8 heteroatoms. The highest BCUT2D eigenvalue weighted by molar-refractivity contribution is 7.88. The van der Waals surface area contributed by atoms with E-state index in [2.05, 4.69) is 0 Å². The summed E-state index contributed by atoms with van der Waals surface area (Å²) in [5.74, 6) is -0.0557. The quantitative estimate of drug-likeness (QED) is 0.867. The number of nitrogens with zero attached hydrogens (tertiary/aromatic N) is 2. The molecule has 1 aliphatic heterocycles. The monoisotopic (exact) mass is 316 g/mol. The molecular formula is C13H20N2O5S. The number of piperidine rings is 1. The topological polar surface area (TPSA) is 91.1 Å². The van der Waals surface area contributed by atoms with E-state index in [9.17, 15) is 13.2 Å². The van der Waals surface area contributed by atoms with E-state index in [0.29, 0.717) is 13.1 Å². The fourth-order valence-electron chi connectivity index (χ4n) is 2.23. The second-order valence-corrected chi connectivity index (χ2v) is 7.41. The van der Waals surface area contributed by atoms with Crippen LogP contribution in [0.25, 0.3) is 0 Å². The van der Waals surface area contributed by atoms with Crippen LogP contribution in [-0.4, -0.2) is 62.4 Å². The fraction of sp³-hybridized carbons (Fsp3) is 0.615. The van der Waals surface area contributed by atoms with Gasteiger partial charge in [-0.3, -0.25) is 4.79 Å². The molecule has 1 amide bonds. The average molecular weight is 316 g/mol. The second kappa shape index (κ2) is 6.17. The van der Waals surface area contributed by atoms with Crippen molar-refractivity contribution in [3.63, 3.8) is 0 Å². The maximum absolute atomic E-state index is 12.3. The smallest absolute Gasteiger partial charge is 0.289 e. The fourth-order valence-corrected chi connectivity index (χ4v) is 3.02. The van der Waals surface area contributed by atoms with E-state index in [-0.39, 0.29) is 29.3 Å². The minimum atomic E-state index is -3.67. The first kappa shape index (κ1) is 16.0. The molecule has 0 radical (unpaired) electrons. The number of carbonyl (C=O) groups is 1. The van der Waals surface area contributed by atoms with E-state index >= 15 is 0 Å². The predicted octanol–water partition coefficient (Wildman–Crippen LogP) is 0.374. The first-order valence-electron chi connectivity index (χ1n) is 6.78. The summed E-state index contributed by atoms with van der Waals surface area (Å²) in [5, 5.41) is 8.85. The minimum absolute atomic E-state index is 0.0258. The number of amides is 1. The third-order valence-electron chi connectivity index (χ3n) is 3.69. The van der Waals surface area contributed by atoms with Gasteiger partial charge in [0.15, 0.2) is 5.76 Å². The van der Waals surface area contributed by atoms with Crippen LogP contribution in [-0.2, 0) is 10.0 Å². The highest BCUT2D eigenvalue weighted by Crippen LogP contribution is 2.21. The summed E-state index contributed by atoms with van der Waals surface area (Å²) in [6.45, 7) is 1.22. The molecule has 1 saturated heterocycles. The molecule has 1 aromatic heterocycles. The Balaban J connectivity index is 2.10. The summed E-state index contributed by atoms with van der Waals surface area (Å²) >= 11 is 0. The summed E-state index contributed by atoms with van der Waals surface area (Å²) in [6.07, 6.45) is 1.48. The van der Waals surface area contributed by atoms with Crippen molar-refractivity contribution in [3.05, 3.63) is 17.9 Å². The molecule has 2 heterocycles. The standard InChI is InChI=1S/C13H20N2O5S/c1-14(2)21(18,19)12-4-3-11(20-12)13(17)15-7-5-10(9-16)6-8-15/h3-4,10,16H,5-9H2,1-2H3. The lowest BCUT2D eigenvalue weighted by Crippen LogP contribution is -2.39. The Kier molecular flexibility index (Phi) is 4.70. The van der Waals surface area contributed by atoms with E-state index in [4.69, 9.17) is 9.52 Å². The Labute approximate surface area is 124 Å². The number of sulfonamides is 1. The Bertz CT molecular complexity index is 600. The van der Waals surface area contributed by atoms with E-state index in [1.54, 1.807) is 4.90 Å². The summed E-state index contributed by atoms with van der Waals surface area (Å²) in [5.41, 5.74) is 0. The van der Waals surface area contributed by atoms with Crippen LogP contribution in [0.15, 0.2) is 21.6 Å². The van der Waals surface area contributed by atoms with Gasteiger partial charge in [-0.15, -0.1) is 0 Å². The molecule has 118 valence electrons. The molecule has 1 N–H and O–H groups in total. The molecule has 0 aromatic carbocycles. The Morgan fingerprint density at radius 1 is 1.38 bits per heavy atom. The third kappa shape index (κ3) is 3.28. The van der Waals surface area contributed by atoms with Crippen molar-refractivity contribution in [1.82, 2.24) is 9.21 Å². The van der Waals surface area contributed by atoms with Gasteiger partial charge in [0.1, 0.15) is 0 Å². The van der Waals surface area contributed by atoms with E-state index in [0.717, 1.165) is 17.1 Å². The van der Waals surface area contributed by atoms with E-state index in [1.807, 2.05) is 0 Å². The van der Waals surface area contributed by atoms with Gasteiger partial charge in [-0.1, -0.05) is 0 Å². The van der Waals surface area contributed by atoms with Crippen LogP contribution in [0.5, 0.6) is 0 Å². The third-order valence-corrected chi connectivity index (χ3v) is 5.38. The molecule has 2 rings (SSSR count). The zero-order valence-electron chi connectivity index (χ0n) is 12.2. The second-order valence-electron chi connectivity index (χ2n) is 5.32. The van der Waals surface area contributed by atoms with Crippen molar-refractivity contribution in [3.8, 4) is 0 Å². The summed E-state index contributed by atoms with van der Waals surface area (Å²) in [7, 11) is -0.867. The van der Waals surface area contributed by atoms with Gasteiger partial charge < -0.3 is 14.4 Å². The van der Waals surface area contributed by atoms with Gasteiger partial charge in [0, 0.05) is 33.8 Å². The van der Waals surface area contributed by atoms with Gasteiger partial charge in [-0.05, 0) is 30.9 Å². The molecule has 1 fully saturated rings. The van der Waals surface area contributed by atoms with Gasteiger partial charge in [0.2, 0.25) is 5.09 Å². The lowest BCUT2D eigenvalue weighted by molar-refractivity contribution is 0.0614. The van der Waals surface area contributed by atoms with Crippen molar-refractivity contribution >= 4 is 15.9 Å². The number of furan rings is 1. The number of carbonyl (C=O) groups excluding carboxylic acids is 1. The van der Waals surface area contributed by atoms with E-state index < -0.39 is 10.0 Å². The van der Waals surface area contributed by atoms with Crippen molar-refractivity contribution in [1.29, 1.82) is 0 Å². The highest BCUT2D eigenvalue weighted by Gasteiger charge is 2.27. The number of aliphatic hydroxyl groups is 1. The number of hydrogen-bond donors (Lipinski definition) is 1. The molecule has 0 atom stereocenters. The average Bonchev–Trinajstić information content (AvgIpc) is 2.97. The molecule has 21 heavy (non-hydrogen) atoms. The zero-order chi connectivity index (χ0) is 15.6. The van der Waals surface area contributed by atoms with Crippen LogP contribution >= 0.6 is 0 Å². The molecule has 1 aliphatic rings. The van der Waals surface area contributed by atoms with Crippen molar-refractivity contribution in [2.75, 3.05) is 33.8 Å². The van der Waals surface area contributed by atoms with Gasteiger partial charge in [-0.2, -0.15) is 0 Å². The lowest BCUT2D eigenvalue weighted by Gasteiger charge is -2.30. The zero-order valence-corrected chi connectivity index (χ0v) is 13.0. The highest BCUT2D eigenvalue weighted by atomic mass is 32.2. The summed E-state index contributed by atoms with van der Waals surface area (Å²) in [4.78, 5) is 13.9. The maximum Gasteiger partial charge on any atom is 0.289 e. The van der Waals surface area contributed by atoms with Crippen molar-refractivity contribution < 1.29 is 22.7 Å². The van der Waals surface area contributed by atoms with Crippen LogP contribution < -0.4 is 0 Å². The van der Waals surface area contributed by atoms with Gasteiger partial charge in [0.05, 0.1) is 0 Å². The molecule has 0 saturated carbocycles. The largest absolute Gasteiger partial charge is 0.438 e. The van der Waals surface area contributed by atoms with E-state index in [1.165, 1.54) is 26.2 Å². The van der Waals surface area contributed by atoms with Crippen LogP contribution in [0.2, 0.25) is 0 Å². The summed E-state index contributed by atoms with van der Waals surface area (Å²) < 4.78 is 30.1. The van der Waals surface area contributed by atoms with Crippen molar-refractivity contribution in [2.24, 2.45) is 5.92 Å². The Morgan fingerprint density at radius 3 is 2.52 bits per heavy atom. The number of hydrogen-bond acceptors (Lipinski definition) is 5. The van der Waals surface area contributed by atoms with Gasteiger partial charge in [0.25, 0.3) is 15.9 Å². The van der Waals surface area contributed by atoms with Crippen molar-refractivity contribution in [2.45, 2.75) is 17.9 Å². The maximum atomic E-state index is 12.3. The van der Waals surface area contributed by atoms with Crippen LogP contribution in [0, 0.1) is 5.92 Å². The Hall–Kier alpha value is -1.38. The first-order chi connectivity index (χ1) is 9.86. The molecule has 1 aromatic rings. The van der Waals surface area contributed by atoms with Crippen LogP contribution in [0.3, 0.4) is 0 Å². The lowest BCUT2D eigenvalue weighted by atomic mass is 9.98. The molecule has 7 nitrogen and oxygen atoms in total. The van der Waals surface area contributed by atoms with Gasteiger partial charge >= 0.3 is 0 Å². The molecule has 0 bridgehead atoms. The number of rotatable bonds is 4. The van der Waals surface area contributed by atoms with Crippen LogP contribution in [0.4, 0.5) is 0 Å².